The lowest BCUT2D eigenvalue weighted by molar-refractivity contribution is 0.100. The van der Waals surface area contributed by atoms with Gasteiger partial charge in [0.15, 0.2) is 8.68 Å². The quantitative estimate of drug-likeness (QED) is 0.882. The van der Waals surface area contributed by atoms with Crippen LogP contribution in [0.5, 0.6) is 0 Å². The van der Waals surface area contributed by atoms with Gasteiger partial charge in [-0.05, 0) is 18.2 Å². The molecule has 106 valence electrons. The van der Waals surface area contributed by atoms with Crippen molar-refractivity contribution in [2.24, 2.45) is 5.73 Å². The van der Waals surface area contributed by atoms with E-state index in [1.165, 1.54) is 18.2 Å². The number of carbonyl (C=O) groups is 1. The van der Waals surface area contributed by atoms with Gasteiger partial charge in [-0.3, -0.25) is 9.52 Å². The molecule has 6 nitrogen and oxygen atoms in total. The van der Waals surface area contributed by atoms with E-state index in [1.54, 1.807) is 0 Å². The molecule has 0 radical (unpaired) electrons. The van der Waals surface area contributed by atoms with E-state index in [4.69, 9.17) is 28.9 Å². The summed E-state index contributed by atoms with van der Waals surface area (Å²) in [6.45, 7) is 0. The molecule has 0 fully saturated rings. The lowest BCUT2D eigenvalue weighted by Crippen LogP contribution is -2.14. The predicted molar refractivity (Wildman–Crippen MR) is 77.9 cm³/mol. The maximum atomic E-state index is 12.0. The van der Waals surface area contributed by atoms with Crippen LogP contribution in [0, 0.1) is 0 Å². The Balaban J connectivity index is 2.30. The van der Waals surface area contributed by atoms with Gasteiger partial charge in [-0.15, -0.1) is 0 Å². The number of carbonyl (C=O) groups excluding carboxylic acids is 1. The zero-order valence-electron chi connectivity index (χ0n) is 9.63. The lowest BCUT2D eigenvalue weighted by Gasteiger charge is -2.07. The third-order valence-corrected chi connectivity index (χ3v) is 5.48. The van der Waals surface area contributed by atoms with Crippen LogP contribution in [0.25, 0.3) is 0 Å². The first-order chi connectivity index (χ1) is 9.29. The molecular formula is C10H7Cl2N3O3S2. The minimum absolute atomic E-state index is 0.0300. The van der Waals surface area contributed by atoms with Gasteiger partial charge in [-0.2, -0.15) is 0 Å². The minimum Gasteiger partial charge on any atom is -0.366 e. The summed E-state index contributed by atoms with van der Waals surface area (Å²) >= 11 is 12.3. The summed E-state index contributed by atoms with van der Waals surface area (Å²) in [5.74, 6) is -0.696. The first kappa shape index (κ1) is 15.0. The van der Waals surface area contributed by atoms with Crippen LogP contribution in [0.2, 0.25) is 9.49 Å². The molecule has 0 saturated heterocycles. The fourth-order valence-corrected chi connectivity index (χ4v) is 3.96. The molecule has 3 N–H and O–H groups in total. The summed E-state index contributed by atoms with van der Waals surface area (Å²) in [6.07, 6.45) is 1.15. The Labute approximate surface area is 128 Å². The van der Waals surface area contributed by atoms with E-state index in [2.05, 4.69) is 9.71 Å². The average molecular weight is 352 g/mol. The van der Waals surface area contributed by atoms with Crippen LogP contribution < -0.4 is 10.5 Å². The van der Waals surface area contributed by atoms with Gasteiger partial charge in [0.25, 0.3) is 10.0 Å². The number of amides is 1. The van der Waals surface area contributed by atoms with Gasteiger partial charge < -0.3 is 5.73 Å². The molecule has 1 heterocycles. The molecule has 1 amide bonds. The number of primary amides is 1. The van der Waals surface area contributed by atoms with Gasteiger partial charge in [0.2, 0.25) is 5.91 Å². The molecule has 0 aliphatic heterocycles. The number of sulfonamides is 1. The van der Waals surface area contributed by atoms with Crippen LogP contribution in [0.4, 0.5) is 5.69 Å². The van der Waals surface area contributed by atoms with E-state index < -0.39 is 15.9 Å². The summed E-state index contributed by atoms with van der Waals surface area (Å²) < 4.78 is 26.4. The van der Waals surface area contributed by atoms with Gasteiger partial charge in [-0.1, -0.05) is 34.5 Å². The molecule has 0 saturated carbocycles. The highest BCUT2D eigenvalue weighted by Gasteiger charge is 2.18. The average Bonchev–Trinajstić information content (AvgIpc) is 2.75. The van der Waals surface area contributed by atoms with Crippen LogP contribution >= 0.6 is 34.5 Å². The smallest absolute Gasteiger partial charge is 0.273 e. The second-order valence-corrected chi connectivity index (χ2v) is 7.53. The second kappa shape index (κ2) is 5.57. The summed E-state index contributed by atoms with van der Waals surface area (Å²) in [5, 5.41) is 0.0556. The largest absolute Gasteiger partial charge is 0.366 e. The fraction of sp³-hybridized carbons (Fsp3) is 0. The Kier molecular flexibility index (Phi) is 4.19. The molecule has 0 aliphatic rings. The Morgan fingerprint density at radius 1 is 1.35 bits per heavy atom. The van der Waals surface area contributed by atoms with Crippen molar-refractivity contribution < 1.29 is 13.2 Å². The maximum absolute atomic E-state index is 12.0. The predicted octanol–water partition coefficient (Wildman–Crippen LogP) is 2.35. The first-order valence-corrected chi connectivity index (χ1v) is 8.08. The normalized spacial score (nSPS) is 11.3. The number of thiazole rings is 1. The van der Waals surface area contributed by atoms with Crippen molar-refractivity contribution in [1.29, 1.82) is 0 Å². The zero-order chi connectivity index (χ0) is 14.9. The Morgan fingerprint density at radius 2 is 2.05 bits per heavy atom. The van der Waals surface area contributed by atoms with E-state index in [1.807, 2.05) is 0 Å². The van der Waals surface area contributed by atoms with E-state index in [0.29, 0.717) is 0 Å². The molecule has 2 rings (SSSR count). The summed E-state index contributed by atoms with van der Waals surface area (Å²) in [5.41, 5.74) is 5.41. The van der Waals surface area contributed by atoms with E-state index in [0.717, 1.165) is 17.5 Å². The number of halogens is 2. The fourth-order valence-electron chi connectivity index (χ4n) is 1.35. The molecular weight excluding hydrogens is 345 g/mol. The van der Waals surface area contributed by atoms with Gasteiger partial charge in [-0.25, -0.2) is 13.4 Å². The second-order valence-electron chi connectivity index (χ2n) is 3.60. The number of anilines is 1. The number of hydrogen-bond donors (Lipinski definition) is 2. The number of nitrogens with one attached hydrogen (secondary N) is 1. The highest BCUT2D eigenvalue weighted by Crippen LogP contribution is 2.26. The number of rotatable bonds is 4. The summed E-state index contributed by atoms with van der Waals surface area (Å²) in [6, 6.07) is 4.01. The number of nitrogens with two attached hydrogens (primary N) is 1. The van der Waals surface area contributed by atoms with Crippen LogP contribution in [0.15, 0.2) is 28.6 Å². The molecule has 10 heteroatoms. The maximum Gasteiger partial charge on any atom is 0.273 e. The van der Waals surface area contributed by atoms with Crippen LogP contribution in [-0.4, -0.2) is 19.3 Å². The summed E-state index contributed by atoms with van der Waals surface area (Å²) in [4.78, 5) is 14.7. The molecule has 1 aromatic heterocycles. The highest BCUT2D eigenvalue weighted by atomic mass is 35.5. The number of aromatic nitrogens is 1. The Hall–Kier alpha value is -1.35. The third kappa shape index (κ3) is 3.21. The van der Waals surface area contributed by atoms with Crippen molar-refractivity contribution in [3.63, 3.8) is 0 Å². The molecule has 2 aromatic rings. The van der Waals surface area contributed by atoms with Gasteiger partial charge in [0.1, 0.15) is 0 Å². The van der Waals surface area contributed by atoms with Crippen LogP contribution in [-0.2, 0) is 10.0 Å². The van der Waals surface area contributed by atoms with Gasteiger partial charge in [0.05, 0.1) is 22.5 Å². The first-order valence-electron chi connectivity index (χ1n) is 5.03. The number of benzene rings is 1. The molecule has 0 unspecified atom stereocenters. The highest BCUT2D eigenvalue weighted by molar-refractivity contribution is 7.94. The third-order valence-electron chi connectivity index (χ3n) is 2.21. The van der Waals surface area contributed by atoms with Crippen LogP contribution in [0.1, 0.15) is 10.4 Å². The van der Waals surface area contributed by atoms with E-state index in [9.17, 15) is 13.2 Å². The van der Waals surface area contributed by atoms with Crippen molar-refractivity contribution >= 4 is 56.2 Å². The molecule has 0 aliphatic carbocycles. The van der Waals surface area contributed by atoms with Crippen molar-refractivity contribution in [3.8, 4) is 0 Å². The SMILES string of the molecule is NC(=O)c1ccc(NS(=O)(=O)c2cnc(Cl)s2)cc1Cl. The molecule has 0 spiro atoms. The van der Waals surface area contributed by atoms with Gasteiger partial charge in [0, 0.05) is 0 Å². The molecule has 20 heavy (non-hydrogen) atoms. The van der Waals surface area contributed by atoms with Gasteiger partial charge >= 0.3 is 0 Å². The monoisotopic (exact) mass is 351 g/mol. The number of nitrogens with zero attached hydrogens (tertiary/aromatic N) is 1. The van der Waals surface area contributed by atoms with Crippen molar-refractivity contribution in [1.82, 2.24) is 4.98 Å². The molecule has 0 bridgehead atoms. The zero-order valence-corrected chi connectivity index (χ0v) is 12.8. The lowest BCUT2D eigenvalue weighted by atomic mass is 10.2. The minimum atomic E-state index is -3.80. The van der Waals surface area contributed by atoms with E-state index >= 15 is 0 Å². The number of hydrogen-bond acceptors (Lipinski definition) is 5. The Bertz CT molecular complexity index is 774. The van der Waals surface area contributed by atoms with Crippen molar-refractivity contribution in [2.75, 3.05) is 4.72 Å². The summed E-state index contributed by atoms with van der Waals surface area (Å²) in [7, 11) is -3.80. The van der Waals surface area contributed by atoms with Crippen molar-refractivity contribution in [2.45, 2.75) is 4.21 Å². The topological polar surface area (TPSA) is 102 Å². The Morgan fingerprint density at radius 3 is 2.55 bits per heavy atom. The molecule has 0 atom stereocenters. The standard InChI is InChI=1S/C10H7Cl2N3O3S2/c11-7-3-5(1-2-6(7)9(13)16)15-20(17,18)8-4-14-10(12)19-8/h1-4,15H,(H2,13,16). The van der Waals surface area contributed by atoms with Crippen molar-refractivity contribution in [3.05, 3.63) is 39.4 Å². The molecule has 1 aromatic carbocycles. The van der Waals surface area contributed by atoms with Crippen LogP contribution in [0.3, 0.4) is 0 Å². The van der Waals surface area contributed by atoms with E-state index in [-0.39, 0.29) is 24.9 Å².